The number of hydrogen-bond donors (Lipinski definition) is 0. The zero-order valence-electron chi connectivity index (χ0n) is 15.7. The van der Waals surface area contributed by atoms with E-state index in [0.29, 0.717) is 36.2 Å². The Balaban J connectivity index is 1.56. The van der Waals surface area contributed by atoms with E-state index >= 15 is 0 Å². The predicted molar refractivity (Wildman–Crippen MR) is 103 cm³/mol. The molecule has 28 heavy (non-hydrogen) atoms. The molecule has 0 aromatic heterocycles. The molecule has 5 nitrogen and oxygen atoms in total. The molecule has 2 aromatic rings. The average molecular weight is 383 g/mol. The van der Waals surface area contributed by atoms with E-state index < -0.39 is 11.9 Å². The topological polar surface area (TPSA) is 63.7 Å². The molecule has 1 fully saturated rings. The third kappa shape index (κ3) is 4.82. The quantitative estimate of drug-likeness (QED) is 0.542. The van der Waals surface area contributed by atoms with E-state index in [9.17, 15) is 18.8 Å². The minimum atomic E-state index is -0.511. The molecule has 0 bridgehead atoms. The number of nitrogens with zero attached hydrogens (tertiary/aromatic N) is 1. The molecule has 146 valence electrons. The van der Waals surface area contributed by atoms with E-state index in [1.165, 1.54) is 12.1 Å². The first-order chi connectivity index (χ1) is 13.4. The summed E-state index contributed by atoms with van der Waals surface area (Å²) in [6.45, 7) is 1.95. The number of rotatable bonds is 7. The summed E-state index contributed by atoms with van der Waals surface area (Å²) in [5.74, 6) is -1.65. The first-order valence-corrected chi connectivity index (χ1v) is 9.29. The molecule has 1 aliphatic heterocycles. The van der Waals surface area contributed by atoms with Crippen LogP contribution in [0.4, 0.5) is 10.1 Å². The van der Waals surface area contributed by atoms with Gasteiger partial charge in [-0.15, -0.1) is 0 Å². The van der Waals surface area contributed by atoms with E-state index in [-0.39, 0.29) is 24.1 Å². The number of amides is 1. The standard InChI is InChI=1S/C22H22FNO4/c1-15(11-16-5-2-7-18(23)12-16)22(27)28-14-20(25)17-6-3-8-19(13-17)24-10-4-9-21(24)26/h2-3,5-8,12-13,15H,4,9-11,14H2,1H3. The van der Waals surface area contributed by atoms with Gasteiger partial charge in [0.2, 0.25) is 5.91 Å². The number of Topliss-reactive ketones (excluding diaryl/α,β-unsaturated/α-hetero) is 1. The Bertz CT molecular complexity index is 896. The molecule has 0 spiro atoms. The van der Waals surface area contributed by atoms with Crippen molar-refractivity contribution in [1.29, 1.82) is 0 Å². The van der Waals surface area contributed by atoms with Crippen molar-refractivity contribution in [2.45, 2.75) is 26.2 Å². The average Bonchev–Trinajstić information content (AvgIpc) is 3.12. The van der Waals surface area contributed by atoms with Gasteiger partial charge in [0, 0.05) is 24.2 Å². The third-order valence-electron chi connectivity index (χ3n) is 4.73. The van der Waals surface area contributed by atoms with Gasteiger partial charge < -0.3 is 9.64 Å². The lowest BCUT2D eigenvalue weighted by Gasteiger charge is -2.16. The normalized spacial score (nSPS) is 14.8. The van der Waals surface area contributed by atoms with E-state index in [1.54, 1.807) is 48.2 Å². The zero-order chi connectivity index (χ0) is 20.1. The van der Waals surface area contributed by atoms with Gasteiger partial charge in [-0.25, -0.2) is 4.39 Å². The Morgan fingerprint density at radius 3 is 2.68 bits per heavy atom. The van der Waals surface area contributed by atoms with Crippen LogP contribution in [0.2, 0.25) is 0 Å². The van der Waals surface area contributed by atoms with Crippen LogP contribution >= 0.6 is 0 Å². The van der Waals surface area contributed by atoms with E-state index in [4.69, 9.17) is 4.74 Å². The van der Waals surface area contributed by atoms with Crippen LogP contribution in [-0.2, 0) is 20.7 Å². The van der Waals surface area contributed by atoms with E-state index in [2.05, 4.69) is 0 Å². The van der Waals surface area contributed by atoms with Crippen molar-refractivity contribution < 1.29 is 23.5 Å². The van der Waals surface area contributed by atoms with Crippen LogP contribution in [0.1, 0.15) is 35.7 Å². The number of halogens is 1. The smallest absolute Gasteiger partial charge is 0.309 e. The Morgan fingerprint density at radius 2 is 1.96 bits per heavy atom. The third-order valence-corrected chi connectivity index (χ3v) is 4.73. The van der Waals surface area contributed by atoms with Gasteiger partial charge in [-0.1, -0.05) is 31.2 Å². The Morgan fingerprint density at radius 1 is 1.18 bits per heavy atom. The summed E-state index contributed by atoms with van der Waals surface area (Å²) in [6.07, 6.45) is 1.65. The minimum Gasteiger partial charge on any atom is -0.457 e. The molecule has 6 heteroatoms. The summed E-state index contributed by atoms with van der Waals surface area (Å²) in [5.41, 5.74) is 1.76. The van der Waals surface area contributed by atoms with Gasteiger partial charge in [-0.05, 0) is 42.7 Å². The number of ether oxygens (including phenoxy) is 1. The fourth-order valence-corrected chi connectivity index (χ4v) is 3.23. The van der Waals surface area contributed by atoms with E-state index in [0.717, 1.165) is 6.42 Å². The maximum Gasteiger partial charge on any atom is 0.309 e. The molecule has 0 saturated carbocycles. The minimum absolute atomic E-state index is 0.0437. The molecule has 0 radical (unpaired) electrons. The second-order valence-corrected chi connectivity index (χ2v) is 6.97. The molecule has 0 aliphatic carbocycles. The van der Waals surface area contributed by atoms with Crippen LogP contribution in [-0.4, -0.2) is 30.8 Å². The van der Waals surface area contributed by atoms with Crippen molar-refractivity contribution >= 4 is 23.3 Å². The first-order valence-electron chi connectivity index (χ1n) is 9.29. The lowest BCUT2D eigenvalue weighted by Crippen LogP contribution is -2.24. The van der Waals surface area contributed by atoms with Gasteiger partial charge in [0.1, 0.15) is 5.82 Å². The second-order valence-electron chi connectivity index (χ2n) is 6.97. The van der Waals surface area contributed by atoms with Gasteiger partial charge >= 0.3 is 5.97 Å². The lowest BCUT2D eigenvalue weighted by molar-refractivity contribution is -0.146. The highest BCUT2D eigenvalue weighted by Crippen LogP contribution is 2.22. The molecular weight excluding hydrogens is 361 g/mol. The highest BCUT2D eigenvalue weighted by atomic mass is 19.1. The molecule has 1 amide bonds. The van der Waals surface area contributed by atoms with Gasteiger partial charge in [0.15, 0.2) is 12.4 Å². The molecular formula is C22H22FNO4. The largest absolute Gasteiger partial charge is 0.457 e. The number of carbonyl (C=O) groups is 3. The van der Waals surface area contributed by atoms with Crippen molar-refractivity contribution in [3.63, 3.8) is 0 Å². The van der Waals surface area contributed by atoms with Gasteiger partial charge in [0.05, 0.1) is 5.92 Å². The fraction of sp³-hybridized carbons (Fsp3) is 0.318. The van der Waals surface area contributed by atoms with Crippen LogP contribution in [0.25, 0.3) is 0 Å². The van der Waals surface area contributed by atoms with Crippen LogP contribution in [0.5, 0.6) is 0 Å². The summed E-state index contributed by atoms with van der Waals surface area (Å²) >= 11 is 0. The second kappa shape index (κ2) is 8.78. The fourth-order valence-electron chi connectivity index (χ4n) is 3.23. The van der Waals surface area contributed by atoms with Crippen molar-refractivity contribution in [2.75, 3.05) is 18.1 Å². The highest BCUT2D eigenvalue weighted by Gasteiger charge is 2.23. The van der Waals surface area contributed by atoms with E-state index in [1.807, 2.05) is 0 Å². The number of esters is 1. The van der Waals surface area contributed by atoms with Crippen molar-refractivity contribution in [3.05, 3.63) is 65.5 Å². The summed E-state index contributed by atoms with van der Waals surface area (Å²) in [6, 6.07) is 12.8. The zero-order valence-corrected chi connectivity index (χ0v) is 15.7. The van der Waals surface area contributed by atoms with Crippen LogP contribution in [0.3, 0.4) is 0 Å². The number of benzene rings is 2. The summed E-state index contributed by atoms with van der Waals surface area (Å²) in [5, 5.41) is 0. The van der Waals surface area contributed by atoms with Crippen molar-refractivity contribution in [1.82, 2.24) is 0 Å². The van der Waals surface area contributed by atoms with Gasteiger partial charge in [-0.2, -0.15) is 0 Å². The molecule has 3 rings (SSSR count). The molecule has 1 unspecified atom stereocenters. The van der Waals surface area contributed by atoms with Crippen molar-refractivity contribution in [3.8, 4) is 0 Å². The SMILES string of the molecule is CC(Cc1cccc(F)c1)C(=O)OCC(=O)c1cccc(N2CCCC2=O)c1. The molecule has 1 saturated heterocycles. The summed E-state index contributed by atoms with van der Waals surface area (Å²) in [4.78, 5) is 38.1. The molecule has 2 aromatic carbocycles. The number of ketones is 1. The Hall–Kier alpha value is -3.02. The molecule has 1 atom stereocenters. The first kappa shape index (κ1) is 19.7. The lowest BCUT2D eigenvalue weighted by atomic mass is 10.0. The Labute approximate surface area is 163 Å². The molecule has 0 N–H and O–H groups in total. The summed E-state index contributed by atoms with van der Waals surface area (Å²) in [7, 11) is 0. The molecule has 1 aliphatic rings. The summed E-state index contributed by atoms with van der Waals surface area (Å²) < 4.78 is 18.4. The van der Waals surface area contributed by atoms with Crippen LogP contribution in [0, 0.1) is 11.7 Å². The maximum atomic E-state index is 13.2. The Kier molecular flexibility index (Phi) is 6.19. The highest BCUT2D eigenvalue weighted by molar-refractivity contribution is 6.01. The van der Waals surface area contributed by atoms with Gasteiger partial charge in [0.25, 0.3) is 0 Å². The number of anilines is 1. The predicted octanol–water partition coefficient (Wildman–Crippen LogP) is 3.56. The van der Waals surface area contributed by atoms with Gasteiger partial charge in [-0.3, -0.25) is 14.4 Å². The molecule has 1 heterocycles. The number of hydrogen-bond acceptors (Lipinski definition) is 4. The maximum absolute atomic E-state index is 13.2. The van der Waals surface area contributed by atoms with Crippen LogP contribution in [0.15, 0.2) is 48.5 Å². The van der Waals surface area contributed by atoms with Crippen LogP contribution < -0.4 is 4.90 Å². The number of carbonyl (C=O) groups excluding carboxylic acids is 3. The van der Waals surface area contributed by atoms with Crippen molar-refractivity contribution in [2.24, 2.45) is 5.92 Å². The monoisotopic (exact) mass is 383 g/mol.